The third-order valence-corrected chi connectivity index (χ3v) is 5.46. The number of aromatic nitrogens is 6. The summed E-state index contributed by atoms with van der Waals surface area (Å²) in [5.74, 6) is 0.970. The van der Waals surface area contributed by atoms with E-state index < -0.39 is 0 Å². The number of H-pyrrole nitrogens is 2. The number of aromatic amines is 2. The first-order chi connectivity index (χ1) is 15.1. The zero-order valence-corrected chi connectivity index (χ0v) is 17.3. The minimum absolute atomic E-state index is 0.197. The zero-order chi connectivity index (χ0) is 21.4. The van der Waals surface area contributed by atoms with Gasteiger partial charge in [-0.1, -0.05) is 62.4 Å². The molecule has 0 spiro atoms. The highest BCUT2D eigenvalue weighted by Gasteiger charge is 2.15. The van der Waals surface area contributed by atoms with Crippen LogP contribution in [0.5, 0.6) is 0 Å². The maximum atomic E-state index is 12.6. The van der Waals surface area contributed by atoms with Crippen molar-refractivity contribution in [1.82, 2.24) is 29.7 Å². The molecule has 0 aliphatic rings. The molecule has 0 radical (unpaired) electrons. The molecule has 7 heteroatoms. The van der Waals surface area contributed by atoms with Gasteiger partial charge in [0.15, 0.2) is 11.5 Å². The van der Waals surface area contributed by atoms with E-state index in [4.69, 9.17) is 4.98 Å². The number of hydrogen-bond donors (Lipinski definition) is 2. The molecule has 7 nitrogen and oxygen atoms in total. The first kappa shape index (κ1) is 19.0. The largest absolute Gasteiger partial charge is 0.328 e. The highest BCUT2D eigenvalue weighted by atomic mass is 16.1. The first-order valence-corrected chi connectivity index (χ1v) is 10.2. The molecule has 0 saturated carbocycles. The molecule has 2 aromatic carbocycles. The van der Waals surface area contributed by atoms with Crippen LogP contribution in [0, 0.1) is 0 Å². The van der Waals surface area contributed by atoms with Crippen LogP contribution in [0.2, 0.25) is 0 Å². The van der Waals surface area contributed by atoms with Crippen LogP contribution in [0.4, 0.5) is 0 Å². The molecule has 0 aliphatic heterocycles. The third kappa shape index (κ3) is 3.54. The van der Waals surface area contributed by atoms with Crippen molar-refractivity contribution in [1.29, 1.82) is 0 Å². The zero-order valence-electron chi connectivity index (χ0n) is 17.3. The lowest BCUT2D eigenvalue weighted by atomic mass is 9.97. The summed E-state index contributed by atoms with van der Waals surface area (Å²) >= 11 is 0. The highest BCUT2D eigenvalue weighted by molar-refractivity contribution is 5.74. The Morgan fingerprint density at radius 1 is 1.00 bits per heavy atom. The Balaban J connectivity index is 1.53. The van der Waals surface area contributed by atoms with Crippen LogP contribution in [0.1, 0.15) is 30.9 Å². The highest BCUT2D eigenvalue weighted by Crippen LogP contribution is 2.27. The van der Waals surface area contributed by atoms with Gasteiger partial charge in [-0.25, -0.2) is 14.8 Å². The van der Waals surface area contributed by atoms with Crippen molar-refractivity contribution in [3.8, 4) is 22.5 Å². The van der Waals surface area contributed by atoms with E-state index in [0.717, 1.165) is 22.3 Å². The van der Waals surface area contributed by atoms with Crippen molar-refractivity contribution in [2.24, 2.45) is 0 Å². The lowest BCUT2D eigenvalue weighted by Gasteiger charge is -2.11. The van der Waals surface area contributed by atoms with E-state index in [1.165, 1.54) is 5.56 Å². The van der Waals surface area contributed by atoms with Crippen molar-refractivity contribution >= 4 is 11.2 Å². The minimum Gasteiger partial charge on any atom is -0.303 e. The summed E-state index contributed by atoms with van der Waals surface area (Å²) in [4.78, 5) is 24.8. The van der Waals surface area contributed by atoms with Gasteiger partial charge in [-0.05, 0) is 22.6 Å². The maximum Gasteiger partial charge on any atom is 0.328 e. The van der Waals surface area contributed by atoms with Gasteiger partial charge in [0.1, 0.15) is 5.52 Å². The van der Waals surface area contributed by atoms with Gasteiger partial charge in [0.25, 0.3) is 0 Å². The van der Waals surface area contributed by atoms with Gasteiger partial charge in [0, 0.05) is 17.3 Å². The second kappa shape index (κ2) is 7.68. The van der Waals surface area contributed by atoms with Crippen LogP contribution < -0.4 is 5.69 Å². The smallest absolute Gasteiger partial charge is 0.303 e. The average molecular weight is 410 g/mol. The molecule has 3 aromatic heterocycles. The summed E-state index contributed by atoms with van der Waals surface area (Å²) in [7, 11) is 0. The molecule has 0 amide bonds. The SMILES string of the molecule is CC(C)c1ccccc1-c1ncc2[nH]c(=O)n(Cc3ccc(-c4cn[nH]c4)cc3)c2n1. The quantitative estimate of drug-likeness (QED) is 0.451. The van der Waals surface area contributed by atoms with Crippen molar-refractivity contribution in [2.45, 2.75) is 26.3 Å². The van der Waals surface area contributed by atoms with E-state index in [2.05, 4.69) is 40.1 Å². The van der Waals surface area contributed by atoms with E-state index in [9.17, 15) is 4.79 Å². The Morgan fingerprint density at radius 2 is 1.81 bits per heavy atom. The second-order valence-electron chi connectivity index (χ2n) is 7.87. The predicted molar refractivity (Wildman–Crippen MR) is 121 cm³/mol. The van der Waals surface area contributed by atoms with E-state index in [-0.39, 0.29) is 5.69 Å². The molecule has 0 saturated heterocycles. The summed E-state index contributed by atoms with van der Waals surface area (Å²) in [6, 6.07) is 16.2. The number of rotatable bonds is 5. The monoisotopic (exact) mass is 410 g/mol. The molecular weight excluding hydrogens is 388 g/mol. The molecule has 0 fully saturated rings. The van der Waals surface area contributed by atoms with Gasteiger partial charge in [-0.2, -0.15) is 5.10 Å². The number of nitrogens with zero attached hydrogens (tertiary/aromatic N) is 4. The molecule has 2 N–H and O–H groups in total. The van der Waals surface area contributed by atoms with E-state index in [1.807, 2.05) is 48.7 Å². The van der Waals surface area contributed by atoms with Gasteiger partial charge < -0.3 is 4.98 Å². The molecule has 0 aliphatic carbocycles. The van der Waals surface area contributed by atoms with E-state index >= 15 is 0 Å². The molecule has 5 aromatic rings. The summed E-state index contributed by atoms with van der Waals surface area (Å²) in [6.45, 7) is 4.72. The normalized spacial score (nSPS) is 11.5. The van der Waals surface area contributed by atoms with Crippen LogP contribution in [0.3, 0.4) is 0 Å². The van der Waals surface area contributed by atoms with Crippen LogP contribution in [0.25, 0.3) is 33.7 Å². The molecular formula is C24H22N6O. The third-order valence-electron chi connectivity index (χ3n) is 5.46. The number of benzene rings is 2. The fraction of sp³-hybridized carbons (Fsp3) is 0.167. The Morgan fingerprint density at radius 3 is 2.55 bits per heavy atom. The van der Waals surface area contributed by atoms with Crippen LogP contribution in [-0.4, -0.2) is 29.7 Å². The Bertz CT molecular complexity index is 1390. The summed E-state index contributed by atoms with van der Waals surface area (Å²) in [5.41, 5.74) is 6.31. The Kier molecular flexibility index (Phi) is 4.71. The van der Waals surface area contributed by atoms with Crippen molar-refractivity contribution in [2.75, 3.05) is 0 Å². The standard InChI is InChI=1S/C24H22N6O/c1-15(2)19-5-3-4-6-20(19)22-25-13-21-23(29-22)30(24(31)28-21)14-16-7-9-17(10-8-16)18-11-26-27-12-18/h3-13,15H,14H2,1-2H3,(H,26,27)(H,28,31). The lowest BCUT2D eigenvalue weighted by molar-refractivity contribution is 0.777. The fourth-order valence-corrected chi connectivity index (χ4v) is 3.82. The van der Waals surface area contributed by atoms with Crippen molar-refractivity contribution in [3.05, 3.63) is 88.7 Å². The maximum absolute atomic E-state index is 12.6. The summed E-state index contributed by atoms with van der Waals surface area (Å²) in [6.07, 6.45) is 5.33. The minimum atomic E-state index is -0.197. The molecule has 154 valence electrons. The molecule has 0 unspecified atom stereocenters. The molecule has 0 bridgehead atoms. The van der Waals surface area contributed by atoms with Gasteiger partial charge in [-0.15, -0.1) is 0 Å². The topological polar surface area (TPSA) is 92.2 Å². The molecule has 3 heterocycles. The lowest BCUT2D eigenvalue weighted by Crippen LogP contribution is -2.17. The van der Waals surface area contributed by atoms with E-state index in [0.29, 0.717) is 29.5 Å². The van der Waals surface area contributed by atoms with E-state index in [1.54, 1.807) is 17.0 Å². The van der Waals surface area contributed by atoms with Crippen LogP contribution >= 0.6 is 0 Å². The summed E-state index contributed by atoms with van der Waals surface area (Å²) in [5, 5.41) is 6.81. The number of nitrogens with one attached hydrogen (secondary N) is 2. The number of imidazole rings is 1. The van der Waals surface area contributed by atoms with Gasteiger partial charge in [0.05, 0.1) is 18.9 Å². The van der Waals surface area contributed by atoms with Crippen molar-refractivity contribution < 1.29 is 0 Å². The second-order valence-corrected chi connectivity index (χ2v) is 7.87. The molecule has 0 atom stereocenters. The van der Waals surface area contributed by atoms with Crippen molar-refractivity contribution in [3.63, 3.8) is 0 Å². The predicted octanol–water partition coefficient (Wildman–Crippen LogP) is 4.35. The Labute approximate surface area is 178 Å². The van der Waals surface area contributed by atoms with Gasteiger partial charge in [-0.3, -0.25) is 9.67 Å². The van der Waals surface area contributed by atoms with Crippen LogP contribution in [0.15, 0.2) is 71.9 Å². The molecule has 5 rings (SSSR count). The fourth-order valence-electron chi connectivity index (χ4n) is 3.82. The molecule has 31 heavy (non-hydrogen) atoms. The van der Waals surface area contributed by atoms with Gasteiger partial charge >= 0.3 is 5.69 Å². The Hall–Kier alpha value is -4.00. The number of hydrogen-bond acceptors (Lipinski definition) is 4. The first-order valence-electron chi connectivity index (χ1n) is 10.2. The summed E-state index contributed by atoms with van der Waals surface area (Å²) < 4.78 is 1.66. The van der Waals surface area contributed by atoms with Crippen LogP contribution in [-0.2, 0) is 6.54 Å². The average Bonchev–Trinajstić information content (AvgIpc) is 3.43. The number of fused-ring (bicyclic) bond motifs is 1. The van der Waals surface area contributed by atoms with Gasteiger partial charge in [0.2, 0.25) is 0 Å².